The molecule has 4 rings (SSSR count). The van der Waals surface area contributed by atoms with Gasteiger partial charge >= 0.3 is 5.97 Å². The highest BCUT2D eigenvalue weighted by Crippen LogP contribution is 2.38. The molecule has 33 heavy (non-hydrogen) atoms. The number of carbonyl (C=O) groups excluding carboxylic acids is 2. The standard InChI is InChI=1S/C25H26N2O4S2/c1-30-18-8-10-19(11-9-18)32-16-22(28)26-24-23(25(29)31-2)20-12-13-27(15-21(20)33-24)14-17-6-4-3-5-7-17/h3-11H,12-16H2,1-2H3,(H,26,28). The molecule has 3 aromatic rings. The van der Waals surface area contributed by atoms with Crippen LogP contribution in [0, 0.1) is 0 Å². The Kier molecular flexibility index (Phi) is 7.69. The van der Waals surface area contributed by atoms with Gasteiger partial charge in [-0.15, -0.1) is 23.1 Å². The van der Waals surface area contributed by atoms with Gasteiger partial charge in [-0.25, -0.2) is 4.79 Å². The molecule has 1 aliphatic heterocycles. The molecular formula is C25H26N2O4S2. The molecule has 172 valence electrons. The third-order valence-electron chi connectivity index (χ3n) is 5.46. The van der Waals surface area contributed by atoms with Crippen molar-refractivity contribution in [3.63, 3.8) is 0 Å². The summed E-state index contributed by atoms with van der Waals surface area (Å²) in [6.07, 6.45) is 0.750. The summed E-state index contributed by atoms with van der Waals surface area (Å²) in [4.78, 5) is 29.7. The maximum absolute atomic E-state index is 12.7. The Bertz CT molecular complexity index is 1110. The molecule has 1 N–H and O–H groups in total. The maximum atomic E-state index is 12.7. The topological polar surface area (TPSA) is 67.9 Å². The van der Waals surface area contributed by atoms with Crippen LogP contribution in [-0.4, -0.2) is 43.3 Å². The quantitative estimate of drug-likeness (QED) is 0.366. The van der Waals surface area contributed by atoms with Gasteiger partial charge in [0.2, 0.25) is 5.91 Å². The van der Waals surface area contributed by atoms with E-state index in [0.717, 1.165) is 47.1 Å². The molecular weight excluding hydrogens is 456 g/mol. The Morgan fingerprint density at radius 3 is 2.55 bits per heavy atom. The number of hydrogen-bond donors (Lipinski definition) is 1. The number of thiophene rings is 1. The summed E-state index contributed by atoms with van der Waals surface area (Å²) in [7, 11) is 3.00. The van der Waals surface area contributed by atoms with Crippen LogP contribution in [0.3, 0.4) is 0 Å². The highest BCUT2D eigenvalue weighted by Gasteiger charge is 2.29. The van der Waals surface area contributed by atoms with E-state index in [9.17, 15) is 9.59 Å². The molecule has 0 atom stereocenters. The molecule has 0 radical (unpaired) electrons. The van der Waals surface area contributed by atoms with Crippen molar-refractivity contribution in [2.45, 2.75) is 24.4 Å². The highest BCUT2D eigenvalue weighted by atomic mass is 32.2. The molecule has 1 amide bonds. The number of anilines is 1. The molecule has 0 unspecified atom stereocenters. The van der Waals surface area contributed by atoms with Crippen LogP contribution in [0.15, 0.2) is 59.5 Å². The van der Waals surface area contributed by atoms with E-state index in [4.69, 9.17) is 9.47 Å². The van der Waals surface area contributed by atoms with Crippen molar-refractivity contribution in [2.75, 3.05) is 31.8 Å². The van der Waals surface area contributed by atoms with E-state index in [0.29, 0.717) is 10.6 Å². The lowest BCUT2D eigenvalue weighted by atomic mass is 10.0. The Hall–Kier alpha value is -2.81. The zero-order valence-electron chi connectivity index (χ0n) is 18.6. The number of esters is 1. The van der Waals surface area contributed by atoms with Crippen LogP contribution in [0.5, 0.6) is 5.75 Å². The summed E-state index contributed by atoms with van der Waals surface area (Å²) < 4.78 is 10.2. The second-order valence-electron chi connectivity index (χ2n) is 7.66. The second-order valence-corrected chi connectivity index (χ2v) is 9.81. The number of benzene rings is 2. The predicted octanol–water partition coefficient (Wildman–Crippen LogP) is 4.83. The third-order valence-corrected chi connectivity index (χ3v) is 7.60. The van der Waals surface area contributed by atoms with Gasteiger partial charge in [0.15, 0.2) is 0 Å². The highest BCUT2D eigenvalue weighted by molar-refractivity contribution is 8.00. The molecule has 8 heteroatoms. The number of rotatable bonds is 8. The molecule has 1 aliphatic rings. The number of carbonyl (C=O) groups is 2. The van der Waals surface area contributed by atoms with Gasteiger partial charge in [-0.2, -0.15) is 0 Å². The minimum absolute atomic E-state index is 0.152. The van der Waals surface area contributed by atoms with E-state index in [1.807, 2.05) is 42.5 Å². The van der Waals surface area contributed by atoms with Gasteiger partial charge in [0.05, 0.1) is 25.5 Å². The van der Waals surface area contributed by atoms with Crippen molar-refractivity contribution >= 4 is 40.0 Å². The van der Waals surface area contributed by atoms with Crippen molar-refractivity contribution < 1.29 is 19.1 Å². The molecule has 0 saturated heterocycles. The van der Waals surface area contributed by atoms with Crippen molar-refractivity contribution in [3.05, 3.63) is 76.2 Å². The summed E-state index contributed by atoms with van der Waals surface area (Å²) in [6.45, 7) is 2.45. The average Bonchev–Trinajstić information content (AvgIpc) is 3.20. The van der Waals surface area contributed by atoms with E-state index in [1.54, 1.807) is 7.11 Å². The first-order chi connectivity index (χ1) is 16.1. The Balaban J connectivity index is 1.45. The Labute approximate surface area is 201 Å². The summed E-state index contributed by atoms with van der Waals surface area (Å²) in [5.41, 5.74) is 2.75. The number of methoxy groups -OCH3 is 2. The number of nitrogens with zero attached hydrogens (tertiary/aromatic N) is 1. The molecule has 0 spiro atoms. The molecule has 6 nitrogen and oxygen atoms in total. The minimum Gasteiger partial charge on any atom is -0.497 e. The van der Waals surface area contributed by atoms with Gasteiger partial charge in [0.1, 0.15) is 10.8 Å². The molecule has 2 heterocycles. The zero-order chi connectivity index (χ0) is 23.2. The van der Waals surface area contributed by atoms with Crippen LogP contribution < -0.4 is 10.1 Å². The lowest BCUT2D eigenvalue weighted by Crippen LogP contribution is -2.29. The van der Waals surface area contributed by atoms with Gasteiger partial charge in [0, 0.05) is 29.4 Å². The molecule has 0 fully saturated rings. The monoisotopic (exact) mass is 482 g/mol. The van der Waals surface area contributed by atoms with Crippen molar-refractivity contribution in [1.82, 2.24) is 4.90 Å². The fourth-order valence-electron chi connectivity index (χ4n) is 3.82. The first-order valence-corrected chi connectivity index (χ1v) is 12.4. The Morgan fingerprint density at radius 2 is 1.85 bits per heavy atom. The zero-order valence-corrected chi connectivity index (χ0v) is 20.3. The first kappa shape index (κ1) is 23.4. The van der Waals surface area contributed by atoms with E-state index in [2.05, 4.69) is 22.3 Å². The van der Waals surface area contributed by atoms with Crippen molar-refractivity contribution in [2.24, 2.45) is 0 Å². The van der Waals surface area contributed by atoms with Crippen LogP contribution >= 0.6 is 23.1 Å². The fraction of sp³-hybridized carbons (Fsp3) is 0.280. The lowest BCUT2D eigenvalue weighted by Gasteiger charge is -2.27. The van der Waals surface area contributed by atoms with Gasteiger partial charge in [-0.3, -0.25) is 9.69 Å². The second kappa shape index (κ2) is 10.9. The largest absolute Gasteiger partial charge is 0.497 e. The maximum Gasteiger partial charge on any atom is 0.341 e. The molecule has 0 aliphatic carbocycles. The van der Waals surface area contributed by atoms with Gasteiger partial charge in [0.25, 0.3) is 0 Å². The minimum atomic E-state index is -0.401. The number of amides is 1. The first-order valence-electron chi connectivity index (χ1n) is 10.6. The number of fused-ring (bicyclic) bond motifs is 1. The van der Waals surface area contributed by atoms with Crippen LogP contribution in [0.2, 0.25) is 0 Å². The molecule has 0 bridgehead atoms. The van der Waals surface area contributed by atoms with Crippen LogP contribution in [-0.2, 0) is 29.0 Å². The van der Waals surface area contributed by atoms with E-state index >= 15 is 0 Å². The summed E-state index contributed by atoms with van der Waals surface area (Å²) in [6, 6.07) is 17.9. The summed E-state index contributed by atoms with van der Waals surface area (Å²) in [5, 5.41) is 3.53. The predicted molar refractivity (Wildman–Crippen MR) is 132 cm³/mol. The van der Waals surface area contributed by atoms with Crippen LogP contribution in [0.4, 0.5) is 5.00 Å². The van der Waals surface area contributed by atoms with E-state index < -0.39 is 5.97 Å². The van der Waals surface area contributed by atoms with E-state index in [1.165, 1.54) is 35.8 Å². The lowest BCUT2D eigenvalue weighted by molar-refractivity contribution is -0.113. The smallest absolute Gasteiger partial charge is 0.341 e. The molecule has 0 saturated carbocycles. The SMILES string of the molecule is COC(=O)c1c(NC(=O)CSc2ccc(OC)cc2)sc2c1CCN(Cc1ccccc1)C2. The number of ether oxygens (including phenoxy) is 2. The number of hydrogen-bond acceptors (Lipinski definition) is 7. The molecule has 1 aromatic heterocycles. The molecule has 2 aromatic carbocycles. The number of thioether (sulfide) groups is 1. The summed E-state index contributed by atoms with van der Waals surface area (Å²) in [5.74, 6) is 0.468. The number of nitrogens with one attached hydrogen (secondary N) is 1. The van der Waals surface area contributed by atoms with Crippen LogP contribution in [0.25, 0.3) is 0 Å². The third kappa shape index (κ3) is 5.76. The van der Waals surface area contributed by atoms with Gasteiger partial charge in [-0.05, 0) is 41.8 Å². The van der Waals surface area contributed by atoms with Crippen molar-refractivity contribution in [3.8, 4) is 5.75 Å². The van der Waals surface area contributed by atoms with Gasteiger partial charge < -0.3 is 14.8 Å². The van der Waals surface area contributed by atoms with Crippen molar-refractivity contribution in [1.29, 1.82) is 0 Å². The van der Waals surface area contributed by atoms with Crippen LogP contribution in [0.1, 0.15) is 26.4 Å². The van der Waals surface area contributed by atoms with Gasteiger partial charge in [-0.1, -0.05) is 30.3 Å². The average molecular weight is 483 g/mol. The normalized spacial score (nSPS) is 13.3. The summed E-state index contributed by atoms with van der Waals surface area (Å²) >= 11 is 2.91. The Morgan fingerprint density at radius 1 is 1.09 bits per heavy atom. The fourth-order valence-corrected chi connectivity index (χ4v) is 5.82. The van der Waals surface area contributed by atoms with E-state index in [-0.39, 0.29) is 11.7 Å².